The molecule has 0 atom stereocenters. The highest BCUT2D eigenvalue weighted by atomic mass is 79.9. The lowest BCUT2D eigenvalue weighted by Gasteiger charge is -2.35. The number of piperazine rings is 1. The second-order valence-electron chi connectivity index (χ2n) is 4.60. The van der Waals surface area contributed by atoms with Crippen LogP contribution in [0.5, 0.6) is 0 Å². The molecule has 0 saturated carbocycles. The van der Waals surface area contributed by atoms with Crippen LogP contribution in [0, 0.1) is 0 Å². The summed E-state index contributed by atoms with van der Waals surface area (Å²) in [6.07, 6.45) is 4.98. The summed E-state index contributed by atoms with van der Waals surface area (Å²) >= 11 is 3.38. The smallest absolute Gasteiger partial charge is 0.257 e. The van der Waals surface area contributed by atoms with Crippen molar-refractivity contribution in [3.05, 3.63) is 40.8 Å². The molecule has 1 amide bonds. The third-order valence-electron chi connectivity index (χ3n) is 3.35. The number of carbonyl (C=O) groups is 1. The van der Waals surface area contributed by atoms with Gasteiger partial charge in [-0.2, -0.15) is 5.10 Å². The zero-order valence-corrected chi connectivity index (χ0v) is 12.4. The number of hydrogen-bond acceptors (Lipinski definition) is 4. The van der Waals surface area contributed by atoms with E-state index in [-0.39, 0.29) is 5.91 Å². The van der Waals surface area contributed by atoms with Gasteiger partial charge in [0.1, 0.15) is 5.82 Å². The number of nitrogens with zero attached hydrogens (tertiary/aromatic N) is 4. The van der Waals surface area contributed by atoms with E-state index in [9.17, 15) is 4.79 Å². The van der Waals surface area contributed by atoms with Crippen LogP contribution in [0.4, 0.5) is 5.82 Å². The molecule has 3 rings (SSSR count). The summed E-state index contributed by atoms with van der Waals surface area (Å²) in [5, 5.41) is 6.48. The maximum absolute atomic E-state index is 12.2. The van der Waals surface area contributed by atoms with E-state index in [0.717, 1.165) is 23.4 Å². The normalized spacial score (nSPS) is 15.4. The molecule has 1 saturated heterocycles. The molecule has 1 fully saturated rings. The van der Waals surface area contributed by atoms with Crippen LogP contribution in [-0.2, 0) is 0 Å². The van der Waals surface area contributed by atoms with E-state index in [1.54, 1.807) is 18.6 Å². The van der Waals surface area contributed by atoms with Crippen molar-refractivity contribution in [2.24, 2.45) is 0 Å². The Morgan fingerprint density at radius 1 is 1.20 bits per heavy atom. The van der Waals surface area contributed by atoms with Gasteiger partial charge >= 0.3 is 0 Å². The fraction of sp³-hybridized carbons (Fsp3) is 0.308. The number of carbonyl (C=O) groups excluding carboxylic acids is 1. The maximum Gasteiger partial charge on any atom is 0.257 e. The quantitative estimate of drug-likeness (QED) is 0.903. The minimum absolute atomic E-state index is 0.0298. The van der Waals surface area contributed by atoms with Gasteiger partial charge in [0, 0.05) is 43.0 Å². The molecule has 0 radical (unpaired) electrons. The van der Waals surface area contributed by atoms with Gasteiger partial charge in [-0.15, -0.1) is 0 Å². The zero-order chi connectivity index (χ0) is 13.9. The molecular formula is C13H14BrN5O. The molecule has 1 aliphatic rings. The highest BCUT2D eigenvalue weighted by Gasteiger charge is 2.23. The molecular weight excluding hydrogens is 322 g/mol. The second-order valence-corrected chi connectivity index (χ2v) is 5.52. The van der Waals surface area contributed by atoms with Gasteiger partial charge in [-0.25, -0.2) is 4.98 Å². The molecule has 1 aliphatic heterocycles. The SMILES string of the molecule is O=C(c1cn[nH]c1)N1CCN(c2ccc(Br)cn2)CC1. The lowest BCUT2D eigenvalue weighted by atomic mass is 10.2. The van der Waals surface area contributed by atoms with Crippen LogP contribution in [0.3, 0.4) is 0 Å². The minimum atomic E-state index is 0.0298. The minimum Gasteiger partial charge on any atom is -0.353 e. The number of anilines is 1. The van der Waals surface area contributed by atoms with Gasteiger partial charge in [0.2, 0.25) is 0 Å². The van der Waals surface area contributed by atoms with Gasteiger partial charge < -0.3 is 9.80 Å². The van der Waals surface area contributed by atoms with Crippen LogP contribution in [0.15, 0.2) is 35.2 Å². The van der Waals surface area contributed by atoms with Gasteiger partial charge in [-0.1, -0.05) is 0 Å². The first-order chi connectivity index (χ1) is 9.74. The molecule has 6 nitrogen and oxygen atoms in total. The molecule has 2 aromatic rings. The third kappa shape index (κ3) is 2.67. The van der Waals surface area contributed by atoms with E-state index in [1.807, 2.05) is 17.0 Å². The van der Waals surface area contributed by atoms with E-state index < -0.39 is 0 Å². The Bertz CT molecular complexity index is 575. The monoisotopic (exact) mass is 335 g/mol. The van der Waals surface area contributed by atoms with Gasteiger partial charge in [-0.3, -0.25) is 9.89 Å². The van der Waals surface area contributed by atoms with E-state index in [2.05, 4.69) is 36.0 Å². The number of H-pyrrole nitrogens is 1. The fourth-order valence-electron chi connectivity index (χ4n) is 2.24. The van der Waals surface area contributed by atoms with E-state index in [0.29, 0.717) is 18.7 Å². The maximum atomic E-state index is 12.2. The molecule has 0 unspecified atom stereocenters. The number of aromatic nitrogens is 3. The van der Waals surface area contributed by atoms with Crippen LogP contribution in [-0.4, -0.2) is 52.2 Å². The summed E-state index contributed by atoms with van der Waals surface area (Å²) in [5.41, 5.74) is 0.611. The number of halogens is 1. The molecule has 0 aromatic carbocycles. The standard InChI is InChI=1S/C13H14BrN5O/c14-11-1-2-12(15-9-11)18-3-5-19(6-4-18)13(20)10-7-16-17-8-10/h1-2,7-9H,3-6H2,(H,16,17). The van der Waals surface area contributed by atoms with Crippen LogP contribution < -0.4 is 4.90 Å². The van der Waals surface area contributed by atoms with Crippen molar-refractivity contribution in [3.8, 4) is 0 Å². The van der Waals surface area contributed by atoms with Gasteiger partial charge in [0.25, 0.3) is 5.91 Å². The summed E-state index contributed by atoms with van der Waals surface area (Å²) in [5.74, 6) is 0.978. The first kappa shape index (κ1) is 13.1. The summed E-state index contributed by atoms with van der Waals surface area (Å²) < 4.78 is 0.968. The largest absolute Gasteiger partial charge is 0.353 e. The Balaban J connectivity index is 1.62. The fourth-order valence-corrected chi connectivity index (χ4v) is 2.48. The molecule has 104 valence electrons. The van der Waals surface area contributed by atoms with Crippen molar-refractivity contribution < 1.29 is 4.79 Å². The van der Waals surface area contributed by atoms with Crippen molar-refractivity contribution in [2.45, 2.75) is 0 Å². The van der Waals surface area contributed by atoms with Crippen LogP contribution in [0.1, 0.15) is 10.4 Å². The number of nitrogens with one attached hydrogen (secondary N) is 1. The summed E-state index contributed by atoms with van der Waals surface area (Å²) in [4.78, 5) is 20.6. The van der Waals surface area contributed by atoms with Crippen LogP contribution in [0.25, 0.3) is 0 Å². The second kappa shape index (κ2) is 5.62. The molecule has 2 aromatic heterocycles. The Hall–Kier alpha value is -1.89. The number of amides is 1. The molecule has 1 N–H and O–H groups in total. The lowest BCUT2D eigenvalue weighted by molar-refractivity contribution is 0.0746. The van der Waals surface area contributed by atoms with Gasteiger partial charge in [0.15, 0.2) is 0 Å². The topological polar surface area (TPSA) is 65.1 Å². The van der Waals surface area contributed by atoms with Crippen molar-refractivity contribution in [2.75, 3.05) is 31.1 Å². The molecule has 7 heteroatoms. The zero-order valence-electron chi connectivity index (χ0n) is 10.8. The predicted molar refractivity (Wildman–Crippen MR) is 78.6 cm³/mol. The van der Waals surface area contributed by atoms with Crippen molar-refractivity contribution in [1.29, 1.82) is 0 Å². The predicted octanol–water partition coefficient (Wildman–Crippen LogP) is 1.53. The van der Waals surface area contributed by atoms with E-state index >= 15 is 0 Å². The Morgan fingerprint density at radius 3 is 2.60 bits per heavy atom. The molecule has 3 heterocycles. The summed E-state index contributed by atoms with van der Waals surface area (Å²) in [6.45, 7) is 2.97. The van der Waals surface area contributed by atoms with Crippen molar-refractivity contribution in [1.82, 2.24) is 20.1 Å². The van der Waals surface area contributed by atoms with E-state index in [4.69, 9.17) is 0 Å². The van der Waals surface area contributed by atoms with Gasteiger partial charge in [-0.05, 0) is 28.1 Å². The lowest BCUT2D eigenvalue weighted by Crippen LogP contribution is -2.49. The Kier molecular flexibility index (Phi) is 3.68. The number of rotatable bonds is 2. The van der Waals surface area contributed by atoms with Gasteiger partial charge in [0.05, 0.1) is 11.8 Å². The van der Waals surface area contributed by atoms with Crippen LogP contribution >= 0.6 is 15.9 Å². The third-order valence-corrected chi connectivity index (χ3v) is 3.82. The summed E-state index contributed by atoms with van der Waals surface area (Å²) in [6, 6.07) is 3.96. The van der Waals surface area contributed by atoms with E-state index in [1.165, 1.54) is 0 Å². The average molecular weight is 336 g/mol. The first-order valence-corrected chi connectivity index (χ1v) is 7.18. The molecule has 0 aliphatic carbocycles. The highest BCUT2D eigenvalue weighted by molar-refractivity contribution is 9.10. The number of aromatic amines is 1. The van der Waals surface area contributed by atoms with Crippen LogP contribution in [0.2, 0.25) is 0 Å². The Labute approximate surface area is 124 Å². The number of pyridine rings is 1. The molecule has 0 bridgehead atoms. The van der Waals surface area contributed by atoms with Crippen molar-refractivity contribution in [3.63, 3.8) is 0 Å². The first-order valence-electron chi connectivity index (χ1n) is 6.38. The average Bonchev–Trinajstić information content (AvgIpc) is 3.02. The summed E-state index contributed by atoms with van der Waals surface area (Å²) in [7, 11) is 0. The molecule has 0 spiro atoms. The number of hydrogen-bond donors (Lipinski definition) is 1. The Morgan fingerprint density at radius 2 is 2.00 bits per heavy atom. The molecule has 20 heavy (non-hydrogen) atoms. The van der Waals surface area contributed by atoms with Crippen molar-refractivity contribution >= 4 is 27.7 Å². The highest BCUT2D eigenvalue weighted by Crippen LogP contribution is 2.17.